The molecule has 11 heteroatoms. The fraction of sp³-hybridized carbons (Fsp3) is 0.200. The number of carboxylic acids is 1. The molecule has 0 fully saturated rings. The maximum absolute atomic E-state index is 13.2. The highest BCUT2D eigenvalue weighted by Gasteiger charge is 2.36. The molecule has 0 aliphatic carbocycles. The molecule has 8 nitrogen and oxygen atoms in total. The number of rotatable bonds is 4. The average Bonchev–Trinajstić information content (AvgIpc) is 3.17. The summed E-state index contributed by atoms with van der Waals surface area (Å²) >= 11 is 0. The van der Waals surface area contributed by atoms with Gasteiger partial charge in [0.2, 0.25) is 0 Å². The fourth-order valence-electron chi connectivity index (χ4n) is 3.15. The lowest BCUT2D eigenvalue weighted by Crippen LogP contribution is -2.23. The van der Waals surface area contributed by atoms with Gasteiger partial charge in [-0.05, 0) is 38.1 Å². The van der Waals surface area contributed by atoms with E-state index in [0.717, 1.165) is 6.33 Å². The zero-order chi connectivity index (χ0) is 22.4. The summed E-state index contributed by atoms with van der Waals surface area (Å²) in [6.07, 6.45) is -2.63. The molecule has 0 bridgehead atoms. The van der Waals surface area contributed by atoms with Crippen molar-refractivity contribution < 1.29 is 23.1 Å². The number of carboxylic acid groups (broad SMARTS) is 1. The van der Waals surface area contributed by atoms with Gasteiger partial charge in [-0.25, -0.2) is 29.7 Å². The van der Waals surface area contributed by atoms with E-state index in [1.165, 1.54) is 17.0 Å². The second kappa shape index (κ2) is 7.11. The molecule has 0 aliphatic heterocycles. The van der Waals surface area contributed by atoms with Crippen molar-refractivity contribution in [2.45, 2.75) is 25.4 Å². The number of aromatic nitrogens is 6. The maximum Gasteiger partial charge on any atom is 0.435 e. The number of fused-ring (bicyclic) bond motifs is 1. The van der Waals surface area contributed by atoms with E-state index in [-0.39, 0.29) is 16.9 Å². The van der Waals surface area contributed by atoms with E-state index < -0.39 is 23.3 Å². The highest BCUT2D eigenvalue weighted by Crippen LogP contribution is 2.33. The lowest BCUT2D eigenvalue weighted by atomic mass is 9.84. The zero-order valence-corrected chi connectivity index (χ0v) is 16.3. The molecule has 0 spiro atoms. The summed E-state index contributed by atoms with van der Waals surface area (Å²) in [5, 5.41) is 9.21. The van der Waals surface area contributed by atoms with Crippen LogP contribution in [0.2, 0.25) is 0 Å². The molecule has 4 rings (SSSR count). The quantitative estimate of drug-likeness (QED) is 0.529. The molecule has 4 heterocycles. The largest absolute Gasteiger partial charge is 0.477 e. The maximum atomic E-state index is 13.2. The van der Waals surface area contributed by atoms with Crippen LogP contribution < -0.4 is 0 Å². The molecule has 0 atom stereocenters. The molecule has 4 aromatic heterocycles. The molecule has 0 unspecified atom stereocenters. The lowest BCUT2D eigenvalue weighted by Gasteiger charge is -2.24. The standard InChI is InChI=1S/C20H15F3N6O2/c1-19(2,12-6-3-5-11(27-12)18(30)31)13-7-4-8-14(28-13)29-10-26-15-16(20(21,22)23)24-9-25-17(15)29/h3-10H,1-2H3,(H,30,31). The number of pyridine rings is 2. The normalized spacial score (nSPS) is 12.3. The van der Waals surface area contributed by atoms with Gasteiger partial charge >= 0.3 is 12.1 Å². The van der Waals surface area contributed by atoms with Crippen LogP contribution in [0.4, 0.5) is 13.2 Å². The molecule has 0 aliphatic rings. The third-order valence-corrected chi connectivity index (χ3v) is 4.83. The summed E-state index contributed by atoms with van der Waals surface area (Å²) in [5.41, 5.74) is -1.40. The number of hydrogen-bond acceptors (Lipinski definition) is 6. The molecule has 4 aromatic rings. The summed E-state index contributed by atoms with van der Waals surface area (Å²) in [6, 6.07) is 9.71. The lowest BCUT2D eigenvalue weighted by molar-refractivity contribution is -0.140. The Labute approximate surface area is 173 Å². The Bertz CT molecular complexity index is 1300. The van der Waals surface area contributed by atoms with Crippen LogP contribution in [0, 0.1) is 0 Å². The van der Waals surface area contributed by atoms with E-state index in [2.05, 4.69) is 24.9 Å². The average molecular weight is 428 g/mol. The Morgan fingerprint density at radius 3 is 2.32 bits per heavy atom. The Hall–Kier alpha value is -3.89. The van der Waals surface area contributed by atoms with Gasteiger partial charge in [0, 0.05) is 5.41 Å². The summed E-state index contributed by atoms with van der Waals surface area (Å²) in [5.74, 6) is -0.848. The molecule has 158 valence electrons. The number of halogens is 3. The summed E-state index contributed by atoms with van der Waals surface area (Å²) in [6.45, 7) is 3.64. The minimum absolute atomic E-state index is 0.0317. The van der Waals surface area contributed by atoms with Gasteiger partial charge < -0.3 is 5.11 Å². The van der Waals surface area contributed by atoms with E-state index >= 15 is 0 Å². The van der Waals surface area contributed by atoms with Crippen LogP contribution in [0.15, 0.2) is 49.1 Å². The third-order valence-electron chi connectivity index (χ3n) is 4.83. The van der Waals surface area contributed by atoms with E-state index in [1.807, 2.05) is 13.8 Å². The minimum atomic E-state index is -4.67. The molecular weight excluding hydrogens is 413 g/mol. The first-order chi connectivity index (χ1) is 14.6. The number of nitrogens with zero attached hydrogens (tertiary/aromatic N) is 6. The Morgan fingerprint density at radius 1 is 0.968 bits per heavy atom. The zero-order valence-electron chi connectivity index (χ0n) is 16.3. The first-order valence-corrected chi connectivity index (χ1v) is 9.03. The number of imidazole rings is 1. The first-order valence-electron chi connectivity index (χ1n) is 9.03. The molecule has 31 heavy (non-hydrogen) atoms. The first kappa shape index (κ1) is 20.4. The van der Waals surface area contributed by atoms with Crippen LogP contribution in [-0.2, 0) is 11.6 Å². The molecule has 0 radical (unpaired) electrons. The SMILES string of the molecule is CC(C)(c1cccc(C(=O)O)n1)c1cccc(-n2cnc3c(C(F)(F)F)ncnc32)n1. The highest BCUT2D eigenvalue weighted by molar-refractivity contribution is 5.85. The monoisotopic (exact) mass is 428 g/mol. The third kappa shape index (κ3) is 3.58. The highest BCUT2D eigenvalue weighted by atomic mass is 19.4. The smallest absolute Gasteiger partial charge is 0.435 e. The fourth-order valence-corrected chi connectivity index (χ4v) is 3.15. The number of carbonyl (C=O) groups is 1. The van der Waals surface area contributed by atoms with E-state index in [1.54, 1.807) is 30.3 Å². The number of hydrogen-bond donors (Lipinski definition) is 1. The van der Waals surface area contributed by atoms with Gasteiger partial charge in [-0.2, -0.15) is 13.2 Å². The Morgan fingerprint density at radius 2 is 1.65 bits per heavy atom. The van der Waals surface area contributed by atoms with Crippen molar-refractivity contribution in [3.05, 3.63) is 71.8 Å². The van der Waals surface area contributed by atoms with E-state index in [9.17, 15) is 23.1 Å². The van der Waals surface area contributed by atoms with Crippen LogP contribution in [-0.4, -0.2) is 40.6 Å². The van der Waals surface area contributed by atoms with E-state index in [0.29, 0.717) is 17.2 Å². The van der Waals surface area contributed by atoms with Crippen molar-refractivity contribution in [1.29, 1.82) is 0 Å². The van der Waals surface area contributed by atoms with Crippen LogP contribution in [0.1, 0.15) is 41.4 Å². The van der Waals surface area contributed by atoms with Gasteiger partial charge in [0.1, 0.15) is 29.7 Å². The van der Waals surface area contributed by atoms with Crippen LogP contribution in [0.3, 0.4) is 0 Å². The summed E-state index contributed by atoms with van der Waals surface area (Å²) in [4.78, 5) is 31.1. The van der Waals surface area contributed by atoms with Gasteiger partial charge in [0.05, 0.1) is 11.4 Å². The Kier molecular flexibility index (Phi) is 4.68. The van der Waals surface area contributed by atoms with Crippen LogP contribution >= 0.6 is 0 Å². The van der Waals surface area contributed by atoms with Gasteiger partial charge in [0.25, 0.3) is 0 Å². The topological polar surface area (TPSA) is 107 Å². The van der Waals surface area contributed by atoms with Gasteiger partial charge in [-0.1, -0.05) is 12.1 Å². The number of alkyl halides is 3. The van der Waals surface area contributed by atoms with Crippen molar-refractivity contribution in [3.8, 4) is 5.82 Å². The van der Waals surface area contributed by atoms with Crippen molar-refractivity contribution in [3.63, 3.8) is 0 Å². The van der Waals surface area contributed by atoms with Crippen molar-refractivity contribution in [2.75, 3.05) is 0 Å². The molecule has 0 saturated heterocycles. The van der Waals surface area contributed by atoms with Crippen molar-refractivity contribution >= 4 is 17.1 Å². The molecule has 0 aromatic carbocycles. The van der Waals surface area contributed by atoms with Crippen LogP contribution in [0.25, 0.3) is 17.0 Å². The van der Waals surface area contributed by atoms with Gasteiger partial charge in [-0.15, -0.1) is 0 Å². The second-order valence-electron chi connectivity index (χ2n) is 7.23. The summed E-state index contributed by atoms with van der Waals surface area (Å²) < 4.78 is 41.0. The van der Waals surface area contributed by atoms with Crippen LogP contribution in [0.5, 0.6) is 0 Å². The number of aromatic carboxylic acids is 1. The van der Waals surface area contributed by atoms with Crippen molar-refractivity contribution in [1.82, 2.24) is 29.5 Å². The predicted molar refractivity (Wildman–Crippen MR) is 103 cm³/mol. The summed E-state index contributed by atoms with van der Waals surface area (Å²) in [7, 11) is 0. The van der Waals surface area contributed by atoms with Gasteiger partial charge in [-0.3, -0.25) is 4.57 Å². The molecular formula is C20H15F3N6O2. The second-order valence-corrected chi connectivity index (χ2v) is 7.23. The van der Waals surface area contributed by atoms with Crippen molar-refractivity contribution in [2.24, 2.45) is 0 Å². The van der Waals surface area contributed by atoms with E-state index in [4.69, 9.17) is 0 Å². The minimum Gasteiger partial charge on any atom is -0.477 e. The molecule has 0 saturated carbocycles. The Balaban J connectivity index is 1.81. The molecule has 1 N–H and O–H groups in total. The van der Waals surface area contributed by atoms with Gasteiger partial charge in [0.15, 0.2) is 11.3 Å². The molecule has 0 amide bonds. The predicted octanol–water partition coefficient (Wildman–Crippen LogP) is 3.65.